The highest BCUT2D eigenvalue weighted by Crippen LogP contribution is 2.28. The van der Waals surface area contributed by atoms with Crippen LogP contribution in [0.5, 0.6) is 0 Å². The van der Waals surface area contributed by atoms with Gasteiger partial charge in [-0.1, -0.05) is 60.7 Å². The number of hydrogen-bond donors (Lipinski definition) is 2. The number of piperazine rings is 1. The van der Waals surface area contributed by atoms with Crippen LogP contribution in [-0.2, 0) is 9.59 Å². The average molecular weight is 675 g/mol. The lowest BCUT2D eigenvalue weighted by atomic mass is 10.2. The zero-order valence-electron chi connectivity index (χ0n) is 26.8. The molecule has 5 aromatic rings. The third-order valence-electron chi connectivity index (χ3n) is 8.06. The van der Waals surface area contributed by atoms with E-state index >= 15 is 0 Å². The number of carbonyl (C=O) groups excluding carboxylic acids is 3. The molecule has 1 unspecified atom stereocenters. The topological polar surface area (TPSA) is 94.9 Å². The summed E-state index contributed by atoms with van der Waals surface area (Å²) in [7, 11) is 0. The van der Waals surface area contributed by atoms with Crippen molar-refractivity contribution in [2.24, 2.45) is 0 Å². The van der Waals surface area contributed by atoms with E-state index in [0.29, 0.717) is 54.6 Å². The summed E-state index contributed by atoms with van der Waals surface area (Å²) in [6.07, 6.45) is 1.50. The second-order valence-corrected chi connectivity index (χ2v) is 12.9. The van der Waals surface area contributed by atoms with E-state index in [4.69, 9.17) is 4.42 Å². The van der Waals surface area contributed by atoms with Gasteiger partial charge in [0.25, 0.3) is 11.8 Å². The fourth-order valence-corrected chi connectivity index (χ4v) is 6.43. The van der Waals surface area contributed by atoms with Crippen LogP contribution < -0.4 is 15.5 Å². The van der Waals surface area contributed by atoms with E-state index in [1.54, 1.807) is 54.6 Å². The maximum Gasteiger partial charge on any atom is 0.272 e. The van der Waals surface area contributed by atoms with Gasteiger partial charge in [0, 0.05) is 54.0 Å². The molecule has 1 aliphatic rings. The van der Waals surface area contributed by atoms with Crippen molar-refractivity contribution in [3.05, 3.63) is 144 Å². The predicted molar refractivity (Wildman–Crippen MR) is 192 cm³/mol. The van der Waals surface area contributed by atoms with Crippen molar-refractivity contribution >= 4 is 46.9 Å². The molecule has 49 heavy (non-hydrogen) atoms. The van der Waals surface area contributed by atoms with Gasteiger partial charge in [-0.15, -0.1) is 11.8 Å². The van der Waals surface area contributed by atoms with Crippen molar-refractivity contribution in [2.75, 3.05) is 36.4 Å². The second kappa shape index (κ2) is 15.5. The molecule has 1 aromatic heterocycles. The molecule has 0 saturated carbocycles. The van der Waals surface area contributed by atoms with Gasteiger partial charge >= 0.3 is 0 Å². The quantitative estimate of drug-likeness (QED) is 0.119. The predicted octanol–water partition coefficient (Wildman–Crippen LogP) is 7.32. The molecule has 0 spiro atoms. The molecular weight excluding hydrogens is 640 g/mol. The SMILES string of the molecule is CC(Sc1ccc(NC(=O)/C(=C\c2ccc(-c3ccccc3)o2)NC(=O)c2ccccc2)cc1)C(=O)N1CCN(c2ccccc2F)CC1. The third kappa shape index (κ3) is 8.46. The van der Waals surface area contributed by atoms with E-state index in [1.165, 1.54) is 23.9 Å². The largest absolute Gasteiger partial charge is 0.457 e. The van der Waals surface area contributed by atoms with E-state index in [2.05, 4.69) is 10.6 Å². The highest BCUT2D eigenvalue weighted by molar-refractivity contribution is 8.00. The highest BCUT2D eigenvalue weighted by Gasteiger charge is 2.26. The minimum atomic E-state index is -0.527. The number of halogens is 1. The molecule has 3 amide bonds. The Bertz CT molecular complexity index is 1940. The van der Waals surface area contributed by atoms with Crippen molar-refractivity contribution < 1.29 is 23.2 Å². The molecule has 10 heteroatoms. The summed E-state index contributed by atoms with van der Waals surface area (Å²) < 4.78 is 20.2. The Balaban J connectivity index is 1.09. The Morgan fingerprint density at radius 2 is 1.45 bits per heavy atom. The molecule has 2 heterocycles. The first-order chi connectivity index (χ1) is 23.8. The monoisotopic (exact) mass is 674 g/mol. The third-order valence-corrected chi connectivity index (χ3v) is 9.16. The summed E-state index contributed by atoms with van der Waals surface area (Å²) in [4.78, 5) is 44.4. The van der Waals surface area contributed by atoms with E-state index in [9.17, 15) is 18.8 Å². The molecule has 1 atom stereocenters. The number of nitrogens with one attached hydrogen (secondary N) is 2. The number of anilines is 2. The molecule has 8 nitrogen and oxygen atoms in total. The maximum atomic E-state index is 14.2. The number of benzene rings is 4. The fraction of sp³-hybridized carbons (Fsp3) is 0.154. The normalized spacial score (nSPS) is 13.9. The van der Waals surface area contributed by atoms with Crippen LogP contribution in [0, 0.1) is 5.82 Å². The van der Waals surface area contributed by atoms with Gasteiger partial charge in [-0.2, -0.15) is 0 Å². The van der Waals surface area contributed by atoms with Crippen molar-refractivity contribution in [1.82, 2.24) is 10.2 Å². The number of nitrogens with zero attached hydrogens (tertiary/aromatic N) is 2. The van der Waals surface area contributed by atoms with Gasteiger partial charge in [0.2, 0.25) is 5.91 Å². The summed E-state index contributed by atoms with van der Waals surface area (Å²) in [5, 5.41) is 5.25. The van der Waals surface area contributed by atoms with Gasteiger partial charge in [0.05, 0.1) is 10.9 Å². The second-order valence-electron chi connectivity index (χ2n) is 11.4. The molecular formula is C39H35FN4O4S. The van der Waals surface area contributed by atoms with Crippen LogP contribution in [0.1, 0.15) is 23.0 Å². The van der Waals surface area contributed by atoms with E-state index in [-0.39, 0.29) is 22.7 Å². The van der Waals surface area contributed by atoms with Crippen molar-refractivity contribution in [2.45, 2.75) is 17.1 Å². The number of thioether (sulfide) groups is 1. The summed E-state index contributed by atoms with van der Waals surface area (Å²) >= 11 is 1.43. The van der Waals surface area contributed by atoms with Crippen molar-refractivity contribution in [3.63, 3.8) is 0 Å². The molecule has 0 aliphatic carbocycles. The van der Waals surface area contributed by atoms with E-state index in [1.807, 2.05) is 77.4 Å². The van der Waals surface area contributed by atoms with Gasteiger partial charge in [0.1, 0.15) is 23.0 Å². The van der Waals surface area contributed by atoms with Crippen LogP contribution in [0.25, 0.3) is 17.4 Å². The Kier molecular flexibility index (Phi) is 10.6. The maximum absolute atomic E-state index is 14.2. The zero-order valence-corrected chi connectivity index (χ0v) is 27.7. The molecule has 2 N–H and O–H groups in total. The Hall–Kier alpha value is -5.61. The Labute approximate surface area is 288 Å². The molecule has 6 rings (SSSR count). The van der Waals surface area contributed by atoms with Crippen LogP contribution in [0.15, 0.2) is 136 Å². The molecule has 1 fully saturated rings. The van der Waals surface area contributed by atoms with E-state index in [0.717, 1.165) is 10.5 Å². The lowest BCUT2D eigenvalue weighted by molar-refractivity contribution is -0.130. The first-order valence-corrected chi connectivity index (χ1v) is 16.8. The summed E-state index contributed by atoms with van der Waals surface area (Å²) in [6.45, 7) is 4.04. The Morgan fingerprint density at radius 1 is 0.796 bits per heavy atom. The number of amides is 3. The first-order valence-electron chi connectivity index (χ1n) is 15.9. The van der Waals surface area contributed by atoms with E-state index < -0.39 is 11.8 Å². The van der Waals surface area contributed by atoms with Gasteiger partial charge in [-0.3, -0.25) is 14.4 Å². The van der Waals surface area contributed by atoms with Crippen LogP contribution >= 0.6 is 11.8 Å². The molecule has 4 aromatic carbocycles. The number of hydrogen-bond acceptors (Lipinski definition) is 6. The fourth-order valence-electron chi connectivity index (χ4n) is 5.48. The Morgan fingerprint density at radius 3 is 2.14 bits per heavy atom. The van der Waals surface area contributed by atoms with Crippen LogP contribution in [0.2, 0.25) is 0 Å². The van der Waals surface area contributed by atoms with Crippen LogP contribution in [0.3, 0.4) is 0 Å². The van der Waals surface area contributed by atoms with Crippen LogP contribution in [-0.4, -0.2) is 54.1 Å². The highest BCUT2D eigenvalue weighted by atomic mass is 32.2. The average Bonchev–Trinajstić information content (AvgIpc) is 3.61. The number of carbonyl (C=O) groups is 3. The smallest absolute Gasteiger partial charge is 0.272 e. The van der Waals surface area contributed by atoms with Gasteiger partial charge in [-0.05, 0) is 67.6 Å². The van der Waals surface area contributed by atoms with Crippen LogP contribution in [0.4, 0.5) is 15.8 Å². The zero-order chi connectivity index (χ0) is 34.2. The molecule has 248 valence electrons. The minimum absolute atomic E-state index is 0.00980. The lowest BCUT2D eigenvalue weighted by Gasteiger charge is -2.37. The minimum Gasteiger partial charge on any atom is -0.457 e. The number of furan rings is 1. The van der Waals surface area contributed by atoms with Gasteiger partial charge in [0.15, 0.2) is 0 Å². The number of rotatable bonds is 10. The molecule has 0 radical (unpaired) electrons. The molecule has 1 saturated heterocycles. The van der Waals surface area contributed by atoms with Crippen molar-refractivity contribution in [3.8, 4) is 11.3 Å². The molecule has 1 aliphatic heterocycles. The summed E-state index contributed by atoms with van der Waals surface area (Å²) in [5.41, 5.74) is 2.38. The van der Waals surface area contributed by atoms with Crippen molar-refractivity contribution in [1.29, 1.82) is 0 Å². The first kappa shape index (κ1) is 33.3. The van der Waals surface area contributed by atoms with Gasteiger partial charge in [-0.25, -0.2) is 4.39 Å². The van der Waals surface area contributed by atoms with Gasteiger partial charge < -0.3 is 24.9 Å². The standard InChI is InChI=1S/C39H35FN4O4S/c1-27(39(47)44-24-22-43(23-25-44)35-15-9-8-14-33(35)40)49-32-19-16-30(17-20-32)41-38(46)34(42-37(45)29-12-6-3-7-13-29)26-31-18-21-36(48-31)28-10-4-2-5-11-28/h2-21,26-27H,22-25H2,1H3,(H,41,46)(H,42,45)/b34-26+. The summed E-state index contributed by atoms with van der Waals surface area (Å²) in [6, 6.07) is 35.6. The molecule has 0 bridgehead atoms. The number of para-hydroxylation sites is 1. The lowest BCUT2D eigenvalue weighted by Crippen LogP contribution is -2.50. The summed E-state index contributed by atoms with van der Waals surface area (Å²) in [5.74, 6) is -0.169.